The number of fused-ring (bicyclic) bond motifs is 3. The number of rotatable bonds is 4. The van der Waals surface area contributed by atoms with Crippen LogP contribution in [-0.4, -0.2) is 63.2 Å². The second kappa shape index (κ2) is 9.65. The molecule has 0 bridgehead atoms. The maximum absolute atomic E-state index is 13.3. The van der Waals surface area contributed by atoms with Gasteiger partial charge in [-0.15, -0.1) is 10.2 Å². The summed E-state index contributed by atoms with van der Waals surface area (Å²) in [6, 6.07) is 13.7. The van der Waals surface area contributed by atoms with Gasteiger partial charge in [0.1, 0.15) is 11.6 Å². The third-order valence-electron chi connectivity index (χ3n) is 7.98. The Labute approximate surface area is 217 Å². The summed E-state index contributed by atoms with van der Waals surface area (Å²) in [4.78, 5) is 22.8. The fraction of sp³-hybridized carbons (Fsp3) is 0.448. The van der Waals surface area contributed by atoms with Gasteiger partial charge < -0.3 is 14.5 Å². The molecule has 3 heterocycles. The molecule has 6 rings (SSSR count). The molecule has 2 aromatic carbocycles. The molecule has 4 aromatic rings. The third-order valence-corrected chi connectivity index (χ3v) is 7.98. The monoisotopic (exact) mass is 498 g/mol. The van der Waals surface area contributed by atoms with Crippen LogP contribution in [0.3, 0.4) is 0 Å². The minimum absolute atomic E-state index is 0.0310. The molecular weight excluding hydrogens is 464 g/mol. The second-order valence-corrected chi connectivity index (χ2v) is 10.5. The summed E-state index contributed by atoms with van der Waals surface area (Å²) in [5.41, 5.74) is 3.68. The molecule has 8 nitrogen and oxygen atoms in total. The summed E-state index contributed by atoms with van der Waals surface area (Å²) in [7, 11) is 1.63. The summed E-state index contributed by atoms with van der Waals surface area (Å²) in [5.74, 6) is 3.13. The number of carbonyl (C=O) groups is 1. The van der Waals surface area contributed by atoms with Crippen LogP contribution in [-0.2, 0) is 0 Å². The van der Waals surface area contributed by atoms with Gasteiger partial charge in [0.15, 0.2) is 5.65 Å². The Morgan fingerprint density at radius 3 is 2.51 bits per heavy atom. The highest BCUT2D eigenvalue weighted by Gasteiger charge is 2.32. The standard InChI is InChI=1S/C29H34N6O2/c1-19-9-14-25-24(17-19)27-32-31-26(21-7-5-4-6-8-21)35(27)29(30-25)33-15-16-34(20(2)18-33)28(36)22-10-12-23(37-3)13-11-22/h9-14,17,20-21H,4-8,15-16,18H2,1-3H3. The van der Waals surface area contributed by atoms with E-state index in [1.54, 1.807) is 7.11 Å². The predicted octanol–water partition coefficient (Wildman–Crippen LogP) is 4.99. The molecule has 1 aliphatic heterocycles. The molecule has 8 heteroatoms. The lowest BCUT2D eigenvalue weighted by Gasteiger charge is -2.40. The summed E-state index contributed by atoms with van der Waals surface area (Å²) in [5, 5.41) is 10.5. The Morgan fingerprint density at radius 1 is 1.00 bits per heavy atom. The highest BCUT2D eigenvalue weighted by molar-refractivity contribution is 5.95. The SMILES string of the molecule is COc1ccc(C(=O)N2CCN(c3nc4ccc(C)cc4c4nnc(C5CCCCC5)n34)CC2C)cc1. The van der Waals surface area contributed by atoms with Crippen LogP contribution in [0.15, 0.2) is 42.5 Å². The molecule has 1 saturated heterocycles. The Balaban J connectivity index is 1.35. The normalized spacial score (nSPS) is 19.1. The van der Waals surface area contributed by atoms with Gasteiger partial charge in [-0.3, -0.25) is 4.79 Å². The summed E-state index contributed by atoms with van der Waals surface area (Å²) < 4.78 is 7.46. The van der Waals surface area contributed by atoms with Crippen LogP contribution in [0.25, 0.3) is 16.6 Å². The molecule has 1 saturated carbocycles. The van der Waals surface area contributed by atoms with E-state index in [4.69, 9.17) is 19.9 Å². The first-order chi connectivity index (χ1) is 18.0. The molecule has 2 fully saturated rings. The van der Waals surface area contributed by atoms with Crippen LogP contribution in [0.1, 0.15) is 66.7 Å². The van der Waals surface area contributed by atoms with Gasteiger partial charge >= 0.3 is 0 Å². The van der Waals surface area contributed by atoms with Gasteiger partial charge in [-0.25, -0.2) is 9.38 Å². The van der Waals surface area contributed by atoms with E-state index in [9.17, 15) is 4.79 Å². The highest BCUT2D eigenvalue weighted by atomic mass is 16.5. The van der Waals surface area contributed by atoms with Crippen LogP contribution in [0, 0.1) is 6.92 Å². The van der Waals surface area contributed by atoms with Crippen molar-refractivity contribution in [3.05, 3.63) is 59.4 Å². The Bertz CT molecular complexity index is 1440. The molecular formula is C29H34N6O2. The molecule has 1 atom stereocenters. The molecule has 1 aliphatic carbocycles. The smallest absolute Gasteiger partial charge is 0.254 e. The molecule has 0 spiro atoms. The average Bonchev–Trinajstić information content (AvgIpc) is 3.38. The molecule has 0 radical (unpaired) electrons. The van der Waals surface area contributed by atoms with Crippen molar-refractivity contribution in [3.8, 4) is 5.75 Å². The van der Waals surface area contributed by atoms with Crippen molar-refractivity contribution in [2.75, 3.05) is 31.6 Å². The molecule has 1 amide bonds. The number of amides is 1. The number of aromatic nitrogens is 4. The number of piperazine rings is 1. The van der Waals surface area contributed by atoms with E-state index in [2.05, 4.69) is 41.3 Å². The lowest BCUT2D eigenvalue weighted by atomic mass is 9.89. The minimum Gasteiger partial charge on any atom is -0.497 e. The van der Waals surface area contributed by atoms with Crippen LogP contribution >= 0.6 is 0 Å². The summed E-state index contributed by atoms with van der Waals surface area (Å²) >= 11 is 0. The average molecular weight is 499 g/mol. The van der Waals surface area contributed by atoms with Crippen LogP contribution in [0.5, 0.6) is 5.75 Å². The zero-order valence-corrected chi connectivity index (χ0v) is 21.9. The zero-order chi connectivity index (χ0) is 25.5. The Morgan fingerprint density at radius 2 is 1.78 bits per heavy atom. The van der Waals surface area contributed by atoms with Crippen LogP contribution in [0.2, 0.25) is 0 Å². The van der Waals surface area contributed by atoms with E-state index in [0.29, 0.717) is 31.1 Å². The number of methoxy groups -OCH3 is 1. The van der Waals surface area contributed by atoms with Gasteiger partial charge in [-0.05, 0) is 63.1 Å². The quantitative estimate of drug-likeness (QED) is 0.394. The van der Waals surface area contributed by atoms with Crippen LogP contribution in [0.4, 0.5) is 5.95 Å². The fourth-order valence-corrected chi connectivity index (χ4v) is 5.93. The summed E-state index contributed by atoms with van der Waals surface area (Å²) in [6.45, 7) is 6.24. The van der Waals surface area contributed by atoms with E-state index in [1.807, 2.05) is 29.2 Å². The van der Waals surface area contributed by atoms with Gasteiger partial charge in [-0.1, -0.05) is 30.9 Å². The number of ether oxygens (including phenoxy) is 1. The molecule has 192 valence electrons. The lowest BCUT2D eigenvalue weighted by Crippen LogP contribution is -2.54. The number of benzene rings is 2. The minimum atomic E-state index is 0.0310. The molecule has 2 aromatic heterocycles. The van der Waals surface area contributed by atoms with Crippen LogP contribution < -0.4 is 9.64 Å². The van der Waals surface area contributed by atoms with Crippen molar-refractivity contribution in [3.63, 3.8) is 0 Å². The molecule has 37 heavy (non-hydrogen) atoms. The fourth-order valence-electron chi connectivity index (χ4n) is 5.93. The Kier molecular flexibility index (Phi) is 6.18. The Hall–Kier alpha value is -3.68. The van der Waals surface area contributed by atoms with E-state index in [1.165, 1.54) is 24.8 Å². The van der Waals surface area contributed by atoms with Gasteiger partial charge in [0, 0.05) is 42.5 Å². The van der Waals surface area contributed by atoms with E-state index in [0.717, 1.165) is 46.9 Å². The highest BCUT2D eigenvalue weighted by Crippen LogP contribution is 2.35. The van der Waals surface area contributed by atoms with Gasteiger partial charge in [0.2, 0.25) is 5.95 Å². The van der Waals surface area contributed by atoms with Gasteiger partial charge in [0.05, 0.1) is 12.6 Å². The first kappa shape index (κ1) is 23.7. The number of hydrogen-bond donors (Lipinski definition) is 0. The first-order valence-corrected chi connectivity index (χ1v) is 13.4. The van der Waals surface area contributed by atoms with Crippen molar-refractivity contribution >= 4 is 28.4 Å². The maximum atomic E-state index is 13.3. The summed E-state index contributed by atoms with van der Waals surface area (Å²) in [6.07, 6.45) is 6.05. The topological polar surface area (TPSA) is 75.9 Å². The van der Waals surface area contributed by atoms with Crippen molar-refractivity contribution in [2.45, 2.75) is 57.9 Å². The van der Waals surface area contributed by atoms with Crippen molar-refractivity contribution in [1.29, 1.82) is 0 Å². The number of aryl methyl sites for hydroxylation is 1. The second-order valence-electron chi connectivity index (χ2n) is 10.5. The first-order valence-electron chi connectivity index (χ1n) is 13.4. The van der Waals surface area contributed by atoms with Crippen molar-refractivity contribution in [2.24, 2.45) is 0 Å². The van der Waals surface area contributed by atoms with Gasteiger partial charge in [0.25, 0.3) is 5.91 Å². The van der Waals surface area contributed by atoms with E-state index < -0.39 is 0 Å². The largest absolute Gasteiger partial charge is 0.497 e. The van der Waals surface area contributed by atoms with Gasteiger partial charge in [-0.2, -0.15) is 0 Å². The predicted molar refractivity (Wildman–Crippen MR) is 145 cm³/mol. The zero-order valence-electron chi connectivity index (χ0n) is 21.9. The van der Waals surface area contributed by atoms with E-state index in [-0.39, 0.29) is 11.9 Å². The molecule has 0 N–H and O–H groups in total. The maximum Gasteiger partial charge on any atom is 0.254 e. The number of hydrogen-bond acceptors (Lipinski definition) is 6. The molecule has 1 unspecified atom stereocenters. The van der Waals surface area contributed by atoms with Crippen molar-refractivity contribution in [1.82, 2.24) is 24.5 Å². The lowest BCUT2D eigenvalue weighted by molar-refractivity contribution is 0.0673. The number of carbonyl (C=O) groups excluding carboxylic acids is 1. The molecule has 2 aliphatic rings. The van der Waals surface area contributed by atoms with E-state index >= 15 is 0 Å². The third kappa shape index (κ3) is 4.28. The number of anilines is 1. The van der Waals surface area contributed by atoms with Crippen molar-refractivity contribution < 1.29 is 9.53 Å². The number of nitrogens with zero attached hydrogens (tertiary/aromatic N) is 6.